The van der Waals surface area contributed by atoms with Crippen molar-refractivity contribution < 1.29 is 23.7 Å². The van der Waals surface area contributed by atoms with E-state index in [0.717, 1.165) is 22.3 Å². The van der Waals surface area contributed by atoms with E-state index in [1.54, 1.807) is 27.4 Å². The van der Waals surface area contributed by atoms with E-state index in [2.05, 4.69) is 32.3 Å². The minimum Gasteiger partial charge on any atom is -0.497 e. The van der Waals surface area contributed by atoms with Crippen LogP contribution in [-0.2, 0) is 19.6 Å². The fourth-order valence-corrected chi connectivity index (χ4v) is 5.54. The number of hydrogen-bond donors (Lipinski definition) is 1. The van der Waals surface area contributed by atoms with Crippen molar-refractivity contribution in [3.63, 3.8) is 0 Å². The number of benzene rings is 3. The van der Waals surface area contributed by atoms with Crippen LogP contribution in [-0.4, -0.2) is 58.2 Å². The Labute approximate surface area is 254 Å². The SMILES string of the molecule is CC[C@@H](c1nnnn1Cc1ccc(OC)cc1)N(Cc1ccc2c(c1)OCO2)Cc1cc2cc(OC)c(OC)cc2[nH]c1=O. The van der Waals surface area contributed by atoms with Crippen LogP contribution in [0.3, 0.4) is 0 Å². The summed E-state index contributed by atoms with van der Waals surface area (Å²) < 4.78 is 29.2. The first-order valence-electron chi connectivity index (χ1n) is 14.3. The van der Waals surface area contributed by atoms with Gasteiger partial charge in [0.2, 0.25) is 6.79 Å². The molecular weight excluding hydrogens is 564 g/mol. The molecule has 0 amide bonds. The molecule has 2 aromatic heterocycles. The summed E-state index contributed by atoms with van der Waals surface area (Å²) in [5.74, 6) is 4.02. The van der Waals surface area contributed by atoms with E-state index in [0.29, 0.717) is 66.0 Å². The van der Waals surface area contributed by atoms with Crippen LogP contribution >= 0.6 is 0 Å². The smallest absolute Gasteiger partial charge is 0.252 e. The fourth-order valence-electron chi connectivity index (χ4n) is 5.54. The molecule has 0 bridgehead atoms. The summed E-state index contributed by atoms with van der Waals surface area (Å²) in [6, 6.07) is 19.0. The monoisotopic (exact) mass is 598 g/mol. The summed E-state index contributed by atoms with van der Waals surface area (Å²) in [6.07, 6.45) is 0.698. The van der Waals surface area contributed by atoms with Crippen LogP contribution in [0.25, 0.3) is 10.9 Å². The molecule has 1 atom stereocenters. The lowest BCUT2D eigenvalue weighted by Gasteiger charge is -2.30. The molecular formula is C32H34N6O6. The van der Waals surface area contributed by atoms with Crippen LogP contribution in [0.2, 0.25) is 0 Å². The van der Waals surface area contributed by atoms with Gasteiger partial charge in [-0.2, -0.15) is 0 Å². The largest absolute Gasteiger partial charge is 0.497 e. The number of aromatic amines is 1. The third-order valence-corrected chi connectivity index (χ3v) is 7.80. The lowest BCUT2D eigenvalue weighted by molar-refractivity contribution is 0.161. The minimum absolute atomic E-state index is 0.187. The average molecular weight is 599 g/mol. The quantitative estimate of drug-likeness (QED) is 0.220. The van der Waals surface area contributed by atoms with E-state index >= 15 is 0 Å². The second-order valence-electron chi connectivity index (χ2n) is 10.5. The minimum atomic E-state index is -0.214. The van der Waals surface area contributed by atoms with Crippen LogP contribution in [0.15, 0.2) is 65.5 Å². The molecule has 0 saturated carbocycles. The maximum atomic E-state index is 13.4. The Bertz CT molecular complexity index is 1820. The second kappa shape index (κ2) is 12.6. The molecule has 6 rings (SSSR count). The summed E-state index contributed by atoms with van der Waals surface area (Å²) in [5, 5.41) is 13.7. The molecule has 228 valence electrons. The molecule has 0 fully saturated rings. The lowest BCUT2D eigenvalue weighted by Crippen LogP contribution is -2.32. The predicted molar refractivity (Wildman–Crippen MR) is 162 cm³/mol. The molecule has 1 aliphatic rings. The van der Waals surface area contributed by atoms with Crippen molar-refractivity contribution in [2.45, 2.75) is 39.0 Å². The fraction of sp³-hybridized carbons (Fsp3) is 0.312. The van der Waals surface area contributed by atoms with Crippen molar-refractivity contribution >= 4 is 10.9 Å². The maximum absolute atomic E-state index is 13.4. The number of aromatic nitrogens is 5. The van der Waals surface area contributed by atoms with Gasteiger partial charge in [0.05, 0.1) is 39.4 Å². The molecule has 0 unspecified atom stereocenters. The van der Waals surface area contributed by atoms with Crippen molar-refractivity contribution in [2.24, 2.45) is 0 Å². The first-order valence-corrected chi connectivity index (χ1v) is 14.3. The molecule has 5 aromatic rings. The summed E-state index contributed by atoms with van der Waals surface area (Å²) in [6.45, 7) is 3.61. The Morgan fingerprint density at radius 3 is 2.41 bits per heavy atom. The molecule has 0 radical (unpaired) electrons. The predicted octanol–water partition coefficient (Wildman–Crippen LogP) is 4.47. The number of hydrogen-bond acceptors (Lipinski definition) is 10. The molecule has 12 nitrogen and oxygen atoms in total. The molecule has 12 heteroatoms. The zero-order valence-corrected chi connectivity index (χ0v) is 25.1. The third-order valence-electron chi connectivity index (χ3n) is 7.80. The van der Waals surface area contributed by atoms with Crippen LogP contribution in [0.4, 0.5) is 0 Å². The number of nitrogens with zero attached hydrogens (tertiary/aromatic N) is 5. The van der Waals surface area contributed by atoms with Gasteiger partial charge in [0.1, 0.15) is 5.75 Å². The van der Waals surface area contributed by atoms with Crippen molar-refractivity contribution in [1.82, 2.24) is 30.1 Å². The molecule has 3 heterocycles. The van der Waals surface area contributed by atoms with Crippen LogP contribution < -0.4 is 29.2 Å². The average Bonchev–Trinajstić information content (AvgIpc) is 3.71. The zero-order valence-electron chi connectivity index (χ0n) is 25.1. The molecule has 0 saturated heterocycles. The highest BCUT2D eigenvalue weighted by Gasteiger charge is 2.27. The Morgan fingerprint density at radius 2 is 1.66 bits per heavy atom. The number of ether oxygens (including phenoxy) is 5. The van der Waals surface area contributed by atoms with Gasteiger partial charge in [-0.05, 0) is 64.4 Å². The Hall–Kier alpha value is -5.10. The standard InChI is InChI=1S/C32H34N6O6/c1-5-26(31-34-35-36-38(31)17-20-6-9-24(40-2)10-7-20)37(16-21-8-11-27-30(12-21)44-19-43-27)18-23-13-22-14-28(41-3)29(42-4)15-25(22)33-32(23)39/h6-15,26H,5,16-19H2,1-4H3,(H,33,39)/t26-/m0/s1. The van der Waals surface area contributed by atoms with E-state index in [4.69, 9.17) is 23.7 Å². The highest BCUT2D eigenvalue weighted by molar-refractivity contribution is 5.83. The summed E-state index contributed by atoms with van der Waals surface area (Å²) in [4.78, 5) is 18.7. The third kappa shape index (κ3) is 5.88. The number of pyridine rings is 1. The molecule has 3 aromatic carbocycles. The highest BCUT2D eigenvalue weighted by atomic mass is 16.7. The van der Waals surface area contributed by atoms with Gasteiger partial charge in [0, 0.05) is 30.1 Å². The second-order valence-corrected chi connectivity index (χ2v) is 10.5. The molecule has 44 heavy (non-hydrogen) atoms. The summed E-state index contributed by atoms with van der Waals surface area (Å²) in [7, 11) is 4.80. The molecule has 0 spiro atoms. The number of fused-ring (bicyclic) bond motifs is 2. The van der Waals surface area contributed by atoms with Gasteiger partial charge in [-0.3, -0.25) is 9.69 Å². The Balaban J connectivity index is 1.37. The number of tetrazole rings is 1. The number of methoxy groups -OCH3 is 3. The summed E-state index contributed by atoms with van der Waals surface area (Å²) >= 11 is 0. The Morgan fingerprint density at radius 1 is 0.909 bits per heavy atom. The van der Waals surface area contributed by atoms with Crippen molar-refractivity contribution in [3.8, 4) is 28.7 Å². The lowest BCUT2D eigenvalue weighted by atomic mass is 10.1. The van der Waals surface area contributed by atoms with Gasteiger partial charge in [-0.25, -0.2) is 4.68 Å². The first kappa shape index (κ1) is 29.0. The van der Waals surface area contributed by atoms with E-state index in [9.17, 15) is 4.79 Å². The van der Waals surface area contributed by atoms with Gasteiger partial charge in [0.25, 0.3) is 5.56 Å². The van der Waals surface area contributed by atoms with Crippen molar-refractivity contribution in [2.75, 3.05) is 28.1 Å². The topological polar surface area (TPSA) is 126 Å². The van der Waals surface area contributed by atoms with Gasteiger partial charge >= 0.3 is 0 Å². The van der Waals surface area contributed by atoms with E-state index < -0.39 is 0 Å². The number of rotatable bonds is 12. The van der Waals surface area contributed by atoms with E-state index in [-0.39, 0.29) is 18.4 Å². The van der Waals surface area contributed by atoms with Crippen LogP contribution in [0.5, 0.6) is 28.7 Å². The molecule has 1 aliphatic heterocycles. The number of H-pyrrole nitrogens is 1. The van der Waals surface area contributed by atoms with Crippen molar-refractivity contribution in [1.29, 1.82) is 0 Å². The highest BCUT2D eigenvalue weighted by Crippen LogP contribution is 2.35. The van der Waals surface area contributed by atoms with E-state index in [1.807, 2.05) is 59.3 Å². The van der Waals surface area contributed by atoms with Crippen LogP contribution in [0, 0.1) is 0 Å². The van der Waals surface area contributed by atoms with Gasteiger partial charge in [0.15, 0.2) is 28.8 Å². The van der Waals surface area contributed by atoms with Gasteiger partial charge < -0.3 is 28.7 Å². The van der Waals surface area contributed by atoms with Crippen molar-refractivity contribution in [3.05, 3.63) is 93.5 Å². The van der Waals surface area contributed by atoms with Gasteiger partial charge in [-0.15, -0.1) is 5.10 Å². The first-order chi connectivity index (χ1) is 21.5. The maximum Gasteiger partial charge on any atom is 0.252 e. The molecule has 0 aliphatic carbocycles. The Kier molecular flexibility index (Phi) is 8.33. The van der Waals surface area contributed by atoms with E-state index in [1.165, 1.54) is 0 Å². The van der Waals surface area contributed by atoms with Gasteiger partial charge in [-0.1, -0.05) is 25.1 Å². The normalized spacial score (nSPS) is 12.9. The molecule has 1 N–H and O–H groups in total. The number of nitrogens with one attached hydrogen (secondary N) is 1. The summed E-state index contributed by atoms with van der Waals surface area (Å²) in [5.41, 5.74) is 3.11. The van der Waals surface area contributed by atoms with Crippen LogP contribution in [0.1, 0.15) is 41.9 Å². The zero-order chi connectivity index (χ0) is 30.6.